The molecule has 0 aliphatic carbocycles. The molecule has 0 aliphatic heterocycles. The van der Waals surface area contributed by atoms with E-state index in [2.05, 4.69) is 20.6 Å². The number of ether oxygens (including phenoxy) is 1. The Hall–Kier alpha value is -2.96. The number of nitrogens with zero attached hydrogens (tertiary/aromatic N) is 2. The van der Waals surface area contributed by atoms with Crippen LogP contribution in [0.25, 0.3) is 0 Å². The van der Waals surface area contributed by atoms with E-state index >= 15 is 0 Å². The molecule has 21 heavy (non-hydrogen) atoms. The predicted molar refractivity (Wildman–Crippen MR) is 75.5 cm³/mol. The van der Waals surface area contributed by atoms with Gasteiger partial charge in [-0.1, -0.05) is 0 Å². The number of rotatable bonds is 4. The van der Waals surface area contributed by atoms with Crippen molar-refractivity contribution in [3.8, 4) is 5.88 Å². The van der Waals surface area contributed by atoms with E-state index in [1.165, 1.54) is 13.3 Å². The van der Waals surface area contributed by atoms with Gasteiger partial charge in [0.05, 0.1) is 7.11 Å². The minimum atomic E-state index is -0.782. The van der Waals surface area contributed by atoms with E-state index in [4.69, 9.17) is 4.74 Å². The predicted octanol–water partition coefficient (Wildman–Crippen LogP) is 0.740. The maximum atomic E-state index is 11.8. The van der Waals surface area contributed by atoms with Gasteiger partial charge in [0.2, 0.25) is 5.88 Å². The summed E-state index contributed by atoms with van der Waals surface area (Å²) in [5.74, 6) is -1.28. The standard InChI is InChI=1S/C14H14N4O3/c1-21-14-11(3-2-6-16-14)18-13(20)12(19)17-9-10-4-7-15-8-5-10/h2-8H,9H2,1H3,(H,17,19)(H,18,20). The maximum absolute atomic E-state index is 11.8. The quantitative estimate of drug-likeness (QED) is 0.809. The zero-order chi connectivity index (χ0) is 15.1. The molecule has 2 heterocycles. The average Bonchev–Trinajstić information content (AvgIpc) is 2.54. The van der Waals surface area contributed by atoms with Crippen LogP contribution < -0.4 is 15.4 Å². The molecule has 2 amide bonds. The van der Waals surface area contributed by atoms with Crippen molar-refractivity contribution < 1.29 is 14.3 Å². The minimum absolute atomic E-state index is 0.243. The second-order valence-corrected chi connectivity index (χ2v) is 4.05. The van der Waals surface area contributed by atoms with E-state index in [9.17, 15) is 9.59 Å². The SMILES string of the molecule is COc1ncccc1NC(=O)C(=O)NCc1ccncc1. The van der Waals surface area contributed by atoms with Crippen LogP contribution in [0.4, 0.5) is 5.69 Å². The zero-order valence-corrected chi connectivity index (χ0v) is 11.4. The lowest BCUT2D eigenvalue weighted by molar-refractivity contribution is -0.136. The number of amides is 2. The Morgan fingerprint density at radius 1 is 1.14 bits per heavy atom. The molecule has 2 aromatic heterocycles. The fraction of sp³-hybridized carbons (Fsp3) is 0.143. The molecule has 0 atom stereocenters. The second-order valence-electron chi connectivity index (χ2n) is 4.05. The van der Waals surface area contributed by atoms with Crippen LogP contribution in [0.15, 0.2) is 42.9 Å². The second kappa shape index (κ2) is 6.99. The van der Waals surface area contributed by atoms with E-state index in [1.54, 1.807) is 36.7 Å². The zero-order valence-electron chi connectivity index (χ0n) is 11.4. The Kier molecular flexibility index (Phi) is 4.81. The Bertz CT molecular complexity index is 631. The number of carbonyl (C=O) groups is 2. The number of carbonyl (C=O) groups excluding carboxylic acids is 2. The Balaban J connectivity index is 1.92. The molecule has 108 valence electrons. The lowest BCUT2D eigenvalue weighted by Crippen LogP contribution is -2.35. The van der Waals surface area contributed by atoms with Crippen molar-refractivity contribution in [3.05, 3.63) is 48.4 Å². The van der Waals surface area contributed by atoms with Gasteiger partial charge in [-0.05, 0) is 29.8 Å². The van der Waals surface area contributed by atoms with Crippen LogP contribution in [0.3, 0.4) is 0 Å². The van der Waals surface area contributed by atoms with Gasteiger partial charge in [-0.3, -0.25) is 14.6 Å². The first kappa shape index (κ1) is 14.4. The van der Waals surface area contributed by atoms with Gasteiger partial charge in [0.1, 0.15) is 5.69 Å². The first-order valence-electron chi connectivity index (χ1n) is 6.18. The third kappa shape index (κ3) is 4.00. The fourth-order valence-corrected chi connectivity index (χ4v) is 1.59. The average molecular weight is 286 g/mol. The number of aromatic nitrogens is 2. The minimum Gasteiger partial charge on any atom is -0.480 e. The van der Waals surface area contributed by atoms with Crippen molar-refractivity contribution in [1.82, 2.24) is 15.3 Å². The van der Waals surface area contributed by atoms with E-state index in [1.807, 2.05) is 0 Å². The van der Waals surface area contributed by atoms with Crippen LogP contribution in [0.5, 0.6) is 5.88 Å². The molecule has 0 radical (unpaired) electrons. The molecule has 0 saturated heterocycles. The van der Waals surface area contributed by atoms with Crippen molar-refractivity contribution >= 4 is 17.5 Å². The highest BCUT2D eigenvalue weighted by atomic mass is 16.5. The summed E-state index contributed by atoms with van der Waals surface area (Å²) < 4.78 is 4.99. The van der Waals surface area contributed by atoms with E-state index in [-0.39, 0.29) is 12.4 Å². The van der Waals surface area contributed by atoms with Gasteiger partial charge in [0.15, 0.2) is 0 Å². The van der Waals surface area contributed by atoms with Gasteiger partial charge in [-0.25, -0.2) is 4.98 Å². The maximum Gasteiger partial charge on any atom is 0.313 e. The van der Waals surface area contributed by atoms with Crippen LogP contribution in [0.2, 0.25) is 0 Å². The largest absolute Gasteiger partial charge is 0.480 e. The van der Waals surface area contributed by atoms with Crippen molar-refractivity contribution in [2.45, 2.75) is 6.54 Å². The highest BCUT2D eigenvalue weighted by Crippen LogP contribution is 2.19. The smallest absolute Gasteiger partial charge is 0.313 e. The van der Waals surface area contributed by atoms with Gasteiger partial charge in [0, 0.05) is 25.1 Å². The Morgan fingerprint density at radius 2 is 1.90 bits per heavy atom. The molecular formula is C14H14N4O3. The van der Waals surface area contributed by atoms with Crippen LogP contribution in [0, 0.1) is 0 Å². The molecule has 0 unspecified atom stereocenters. The summed E-state index contributed by atoms with van der Waals surface area (Å²) in [7, 11) is 1.43. The van der Waals surface area contributed by atoms with E-state index in [0.29, 0.717) is 5.69 Å². The molecular weight excluding hydrogens is 272 g/mol. The van der Waals surface area contributed by atoms with Crippen molar-refractivity contribution in [3.63, 3.8) is 0 Å². The van der Waals surface area contributed by atoms with Gasteiger partial charge >= 0.3 is 11.8 Å². The third-order valence-corrected chi connectivity index (χ3v) is 2.62. The topological polar surface area (TPSA) is 93.2 Å². The number of methoxy groups -OCH3 is 1. The number of anilines is 1. The van der Waals surface area contributed by atoms with Gasteiger partial charge < -0.3 is 15.4 Å². The molecule has 0 aromatic carbocycles. The summed E-state index contributed by atoms with van der Waals surface area (Å²) in [4.78, 5) is 31.3. The lowest BCUT2D eigenvalue weighted by atomic mass is 10.3. The monoisotopic (exact) mass is 286 g/mol. The van der Waals surface area contributed by atoms with E-state index in [0.717, 1.165) is 5.56 Å². The molecule has 7 heteroatoms. The molecule has 2 rings (SSSR count). The van der Waals surface area contributed by atoms with Crippen LogP contribution in [0.1, 0.15) is 5.56 Å². The molecule has 2 aromatic rings. The molecule has 0 fully saturated rings. The summed E-state index contributed by atoms with van der Waals surface area (Å²) in [5, 5.41) is 4.96. The molecule has 0 bridgehead atoms. The highest BCUT2D eigenvalue weighted by molar-refractivity contribution is 6.39. The summed E-state index contributed by atoms with van der Waals surface area (Å²) in [6.45, 7) is 0.249. The Morgan fingerprint density at radius 3 is 2.62 bits per heavy atom. The first-order chi connectivity index (χ1) is 10.2. The third-order valence-electron chi connectivity index (χ3n) is 2.62. The van der Waals surface area contributed by atoms with Gasteiger partial charge in [-0.15, -0.1) is 0 Å². The van der Waals surface area contributed by atoms with Crippen molar-refractivity contribution in [2.75, 3.05) is 12.4 Å². The van der Waals surface area contributed by atoms with Crippen LogP contribution >= 0.6 is 0 Å². The summed E-state index contributed by atoms with van der Waals surface area (Å²) >= 11 is 0. The van der Waals surface area contributed by atoms with E-state index < -0.39 is 11.8 Å². The number of nitrogens with one attached hydrogen (secondary N) is 2. The van der Waals surface area contributed by atoms with Gasteiger partial charge in [0.25, 0.3) is 0 Å². The normalized spacial score (nSPS) is 9.76. The summed E-state index contributed by atoms with van der Waals surface area (Å²) in [5.41, 5.74) is 1.19. The molecule has 7 nitrogen and oxygen atoms in total. The Labute approximate surface area is 121 Å². The summed E-state index contributed by atoms with van der Waals surface area (Å²) in [6.07, 6.45) is 4.75. The van der Waals surface area contributed by atoms with Crippen molar-refractivity contribution in [1.29, 1.82) is 0 Å². The lowest BCUT2D eigenvalue weighted by Gasteiger charge is -2.09. The highest BCUT2D eigenvalue weighted by Gasteiger charge is 2.15. The fourth-order valence-electron chi connectivity index (χ4n) is 1.59. The molecule has 0 spiro atoms. The first-order valence-corrected chi connectivity index (χ1v) is 6.18. The molecule has 0 aliphatic rings. The molecule has 0 saturated carbocycles. The molecule has 2 N–H and O–H groups in total. The number of hydrogen-bond acceptors (Lipinski definition) is 5. The van der Waals surface area contributed by atoms with Crippen LogP contribution in [-0.4, -0.2) is 28.9 Å². The number of hydrogen-bond donors (Lipinski definition) is 2. The van der Waals surface area contributed by atoms with Crippen LogP contribution in [-0.2, 0) is 16.1 Å². The van der Waals surface area contributed by atoms with Crippen molar-refractivity contribution in [2.24, 2.45) is 0 Å². The summed E-state index contributed by atoms with van der Waals surface area (Å²) in [6, 6.07) is 6.73. The number of pyridine rings is 2. The van der Waals surface area contributed by atoms with Gasteiger partial charge in [-0.2, -0.15) is 0 Å².